The van der Waals surface area contributed by atoms with Crippen LogP contribution < -0.4 is 0 Å². The van der Waals surface area contributed by atoms with E-state index in [9.17, 15) is 10.1 Å². The Morgan fingerprint density at radius 1 is 1.45 bits per heavy atom. The van der Waals surface area contributed by atoms with E-state index < -0.39 is 0 Å². The van der Waals surface area contributed by atoms with Crippen LogP contribution in [0.3, 0.4) is 0 Å². The first kappa shape index (κ1) is 11.5. The molecule has 0 bridgehead atoms. The largest absolute Gasteiger partial charge is 0.330 e. The van der Waals surface area contributed by atoms with Crippen LogP contribution in [0.1, 0.15) is 34.2 Å². The minimum Gasteiger partial charge on any atom is -0.330 e. The molecule has 1 atom stereocenters. The maximum absolute atomic E-state index is 12.6. The quantitative estimate of drug-likeness (QED) is 0.746. The molecule has 0 spiro atoms. The molecule has 2 aliphatic heterocycles. The molecular weight excluding hydrogens is 276 g/mol. The molecule has 6 heteroatoms. The SMILES string of the molecule is N#Cc1ncn2c1[C@@H]1CCN1C(=O)c1cc(Cl)ccc1-2. The number of amides is 1. The number of imidazole rings is 1. The van der Waals surface area contributed by atoms with Crippen molar-refractivity contribution in [3.63, 3.8) is 0 Å². The molecule has 0 aliphatic carbocycles. The van der Waals surface area contributed by atoms with Gasteiger partial charge in [0.25, 0.3) is 5.91 Å². The molecule has 3 heterocycles. The van der Waals surface area contributed by atoms with Crippen molar-refractivity contribution in [1.82, 2.24) is 14.5 Å². The monoisotopic (exact) mass is 284 g/mol. The lowest BCUT2D eigenvalue weighted by molar-refractivity contribution is 0.0460. The maximum atomic E-state index is 12.6. The number of nitrogens with zero attached hydrogens (tertiary/aromatic N) is 4. The first-order valence-corrected chi connectivity index (χ1v) is 6.66. The van der Waals surface area contributed by atoms with Gasteiger partial charge in [0, 0.05) is 11.6 Å². The van der Waals surface area contributed by atoms with Crippen molar-refractivity contribution in [3.05, 3.63) is 46.5 Å². The summed E-state index contributed by atoms with van der Waals surface area (Å²) in [4.78, 5) is 18.5. The molecule has 0 unspecified atom stereocenters. The Morgan fingerprint density at radius 2 is 2.30 bits per heavy atom. The fraction of sp³-hybridized carbons (Fsp3) is 0.214. The van der Waals surface area contributed by atoms with Crippen LogP contribution in [0.5, 0.6) is 0 Å². The molecule has 1 aromatic carbocycles. The first-order valence-electron chi connectivity index (χ1n) is 6.29. The number of carbonyl (C=O) groups is 1. The van der Waals surface area contributed by atoms with Crippen molar-refractivity contribution in [3.8, 4) is 11.8 Å². The lowest BCUT2D eigenvalue weighted by atomic mass is 9.98. The highest BCUT2D eigenvalue weighted by Gasteiger charge is 2.41. The lowest BCUT2D eigenvalue weighted by Crippen LogP contribution is -2.44. The second-order valence-electron chi connectivity index (χ2n) is 4.92. The molecule has 1 saturated heterocycles. The Hall–Kier alpha value is -2.32. The molecule has 5 nitrogen and oxygen atoms in total. The van der Waals surface area contributed by atoms with Crippen LogP contribution in [0.2, 0.25) is 5.02 Å². The average molecular weight is 285 g/mol. The van der Waals surface area contributed by atoms with E-state index in [2.05, 4.69) is 11.1 Å². The third kappa shape index (κ3) is 1.32. The molecule has 4 rings (SSSR count). The number of aromatic nitrogens is 2. The van der Waals surface area contributed by atoms with Crippen LogP contribution in [-0.4, -0.2) is 26.9 Å². The van der Waals surface area contributed by atoms with Gasteiger partial charge in [-0.2, -0.15) is 5.26 Å². The Kier molecular flexibility index (Phi) is 2.21. The third-order valence-electron chi connectivity index (χ3n) is 3.96. The van der Waals surface area contributed by atoms with Gasteiger partial charge in [-0.3, -0.25) is 9.36 Å². The fourth-order valence-electron chi connectivity index (χ4n) is 2.91. The number of hydrogen-bond donors (Lipinski definition) is 0. The van der Waals surface area contributed by atoms with Gasteiger partial charge < -0.3 is 4.90 Å². The molecule has 20 heavy (non-hydrogen) atoms. The Morgan fingerprint density at radius 3 is 3.00 bits per heavy atom. The van der Waals surface area contributed by atoms with E-state index in [1.807, 2.05) is 4.57 Å². The zero-order chi connectivity index (χ0) is 13.9. The molecule has 1 aromatic heterocycles. The van der Waals surface area contributed by atoms with Crippen LogP contribution >= 0.6 is 11.6 Å². The predicted molar refractivity (Wildman–Crippen MR) is 71.7 cm³/mol. The van der Waals surface area contributed by atoms with Crippen LogP contribution in [0.15, 0.2) is 24.5 Å². The Labute approximate surface area is 120 Å². The summed E-state index contributed by atoms with van der Waals surface area (Å²) in [5.41, 5.74) is 2.48. The van der Waals surface area contributed by atoms with Crippen LogP contribution in [0.25, 0.3) is 5.69 Å². The number of fused-ring (bicyclic) bond motifs is 5. The molecule has 1 amide bonds. The lowest BCUT2D eigenvalue weighted by Gasteiger charge is -2.39. The first-order chi connectivity index (χ1) is 9.70. The second-order valence-corrected chi connectivity index (χ2v) is 5.36. The molecule has 1 fully saturated rings. The van der Waals surface area contributed by atoms with Crippen LogP contribution in [0, 0.1) is 11.3 Å². The van der Waals surface area contributed by atoms with Gasteiger partial charge in [-0.25, -0.2) is 4.98 Å². The maximum Gasteiger partial charge on any atom is 0.256 e. The zero-order valence-electron chi connectivity index (χ0n) is 10.4. The molecule has 0 radical (unpaired) electrons. The highest BCUT2D eigenvalue weighted by molar-refractivity contribution is 6.31. The summed E-state index contributed by atoms with van der Waals surface area (Å²) in [7, 11) is 0. The van der Waals surface area contributed by atoms with E-state index in [0.29, 0.717) is 22.8 Å². The van der Waals surface area contributed by atoms with Gasteiger partial charge in [-0.1, -0.05) is 11.6 Å². The number of rotatable bonds is 0. The third-order valence-corrected chi connectivity index (χ3v) is 4.19. The Balaban J connectivity index is 2.06. The normalized spacial score (nSPS) is 19.3. The summed E-state index contributed by atoms with van der Waals surface area (Å²) in [5, 5.41) is 9.74. The van der Waals surface area contributed by atoms with E-state index >= 15 is 0 Å². The summed E-state index contributed by atoms with van der Waals surface area (Å²) in [6.07, 6.45) is 2.46. The van der Waals surface area contributed by atoms with Crippen molar-refractivity contribution >= 4 is 17.5 Å². The molecule has 2 aromatic rings. The zero-order valence-corrected chi connectivity index (χ0v) is 11.1. The van der Waals surface area contributed by atoms with Gasteiger partial charge in [0.15, 0.2) is 5.69 Å². The number of carbonyl (C=O) groups excluding carboxylic acids is 1. The van der Waals surface area contributed by atoms with Gasteiger partial charge in [-0.05, 0) is 24.6 Å². The van der Waals surface area contributed by atoms with E-state index in [1.54, 1.807) is 29.4 Å². The predicted octanol–water partition coefficient (Wildman–Crippen LogP) is 2.30. The highest BCUT2D eigenvalue weighted by Crippen LogP contribution is 2.41. The van der Waals surface area contributed by atoms with Crippen molar-refractivity contribution in [2.24, 2.45) is 0 Å². The van der Waals surface area contributed by atoms with Gasteiger partial charge >= 0.3 is 0 Å². The van der Waals surface area contributed by atoms with Crippen molar-refractivity contribution in [2.45, 2.75) is 12.5 Å². The summed E-state index contributed by atoms with van der Waals surface area (Å²) in [6.45, 7) is 0.700. The fourth-order valence-corrected chi connectivity index (χ4v) is 3.09. The minimum atomic E-state index is -0.0641. The van der Waals surface area contributed by atoms with Crippen molar-refractivity contribution in [2.75, 3.05) is 6.54 Å². The van der Waals surface area contributed by atoms with E-state index in [-0.39, 0.29) is 11.9 Å². The van der Waals surface area contributed by atoms with Gasteiger partial charge in [0.05, 0.1) is 23.0 Å². The molecule has 98 valence electrons. The van der Waals surface area contributed by atoms with Crippen LogP contribution in [0.4, 0.5) is 0 Å². The van der Waals surface area contributed by atoms with E-state index in [1.165, 1.54) is 0 Å². The standard InChI is InChI=1S/C14H9ClN4O/c15-8-1-2-11-9(5-8)14(20)18-4-3-12(18)13-10(6-16)17-7-19(11)13/h1-2,5,7,12H,3-4H2/t12-/m0/s1. The average Bonchev–Trinajstić information content (AvgIpc) is 2.78. The summed E-state index contributed by atoms with van der Waals surface area (Å²) < 4.78 is 1.84. The second kappa shape index (κ2) is 3.84. The molecule has 0 saturated carbocycles. The highest BCUT2D eigenvalue weighted by atomic mass is 35.5. The number of hydrogen-bond acceptors (Lipinski definition) is 3. The van der Waals surface area contributed by atoms with Crippen molar-refractivity contribution < 1.29 is 4.79 Å². The summed E-state index contributed by atoms with van der Waals surface area (Å²) in [5.74, 6) is -0.0358. The minimum absolute atomic E-state index is 0.0358. The van der Waals surface area contributed by atoms with Gasteiger partial charge in [0.2, 0.25) is 0 Å². The van der Waals surface area contributed by atoms with Crippen LogP contribution in [-0.2, 0) is 0 Å². The Bertz CT molecular complexity index is 789. The topological polar surface area (TPSA) is 61.9 Å². The summed E-state index contributed by atoms with van der Waals surface area (Å²) in [6, 6.07) is 7.26. The summed E-state index contributed by atoms with van der Waals surface area (Å²) >= 11 is 6.01. The number of benzene rings is 1. The molecule has 0 N–H and O–H groups in total. The van der Waals surface area contributed by atoms with Crippen molar-refractivity contribution in [1.29, 1.82) is 5.26 Å². The van der Waals surface area contributed by atoms with Gasteiger partial charge in [0.1, 0.15) is 12.4 Å². The number of halogens is 1. The smallest absolute Gasteiger partial charge is 0.256 e. The molecular formula is C14H9ClN4O. The molecule has 2 aliphatic rings. The van der Waals surface area contributed by atoms with Gasteiger partial charge in [-0.15, -0.1) is 0 Å². The van der Waals surface area contributed by atoms with E-state index in [4.69, 9.17) is 11.6 Å². The number of nitriles is 1. The van der Waals surface area contributed by atoms with E-state index in [0.717, 1.165) is 17.8 Å².